The zero-order valence-electron chi connectivity index (χ0n) is 45.7. The molecule has 0 aliphatic heterocycles. The van der Waals surface area contributed by atoms with Gasteiger partial charge in [0.2, 0.25) is 5.91 Å². The molecule has 0 heterocycles. The van der Waals surface area contributed by atoms with Crippen molar-refractivity contribution in [3.63, 3.8) is 0 Å². The van der Waals surface area contributed by atoms with Crippen molar-refractivity contribution < 1.29 is 15.0 Å². The van der Waals surface area contributed by atoms with E-state index in [0.29, 0.717) is 6.42 Å². The molecule has 0 aromatic carbocycles. The van der Waals surface area contributed by atoms with E-state index in [-0.39, 0.29) is 12.5 Å². The van der Waals surface area contributed by atoms with E-state index in [1.54, 1.807) is 6.08 Å². The minimum absolute atomic E-state index is 0.0682. The highest BCUT2D eigenvalue weighted by molar-refractivity contribution is 5.76. The Balaban J connectivity index is 3.48. The normalized spacial score (nSPS) is 13.0. The van der Waals surface area contributed by atoms with Gasteiger partial charge >= 0.3 is 0 Å². The van der Waals surface area contributed by atoms with Gasteiger partial charge in [-0.15, -0.1) is 0 Å². The van der Waals surface area contributed by atoms with Crippen LogP contribution in [0.15, 0.2) is 36.5 Å². The number of nitrogens with one attached hydrogen (secondary N) is 1. The third-order valence-corrected chi connectivity index (χ3v) is 14.3. The molecule has 396 valence electrons. The molecule has 0 rings (SSSR count). The van der Waals surface area contributed by atoms with Crippen molar-refractivity contribution in [2.24, 2.45) is 0 Å². The number of allylic oxidation sites excluding steroid dienone is 5. The fraction of sp³-hybridized carbons (Fsp3) is 0.889. The van der Waals surface area contributed by atoms with E-state index in [2.05, 4.69) is 43.5 Å². The van der Waals surface area contributed by atoms with E-state index in [1.165, 1.54) is 289 Å². The second kappa shape index (κ2) is 58.9. The number of hydrogen-bond donors (Lipinski definition) is 3. The van der Waals surface area contributed by atoms with Crippen LogP contribution in [0.2, 0.25) is 0 Å². The molecule has 4 nitrogen and oxygen atoms in total. The van der Waals surface area contributed by atoms with Gasteiger partial charge in [-0.25, -0.2) is 0 Å². The highest BCUT2D eigenvalue weighted by atomic mass is 16.3. The number of unbranched alkanes of at least 4 members (excludes halogenated alkanes) is 46. The van der Waals surface area contributed by atoms with Crippen LogP contribution in [0, 0.1) is 0 Å². The number of aliphatic hydroxyl groups is 2. The number of carbonyl (C=O) groups is 1. The van der Waals surface area contributed by atoms with Crippen LogP contribution in [0.3, 0.4) is 0 Å². The van der Waals surface area contributed by atoms with Gasteiger partial charge in [0.05, 0.1) is 18.8 Å². The summed E-state index contributed by atoms with van der Waals surface area (Å²) in [6.45, 7) is 4.34. The quantitative estimate of drug-likeness (QED) is 0.0420. The summed E-state index contributed by atoms with van der Waals surface area (Å²) in [5.41, 5.74) is 0. The Morgan fingerprint density at radius 3 is 0.866 bits per heavy atom. The van der Waals surface area contributed by atoms with Gasteiger partial charge in [0.25, 0.3) is 0 Å². The SMILES string of the molecule is CCCCCCCCCCCCCC/C=C\CCCCCCCCCCCCCCCCC(=O)NC(CO)C(O)/C=C/CC/C=C/CCCCCCCCCCCCCCCCCCCCC. The van der Waals surface area contributed by atoms with Gasteiger partial charge in [0.1, 0.15) is 0 Å². The Kier molecular flexibility index (Phi) is 57.7. The molecule has 4 heteroatoms. The number of carbonyl (C=O) groups excluding carboxylic acids is 1. The van der Waals surface area contributed by atoms with Crippen LogP contribution in [0.1, 0.15) is 341 Å². The zero-order chi connectivity index (χ0) is 48.5. The largest absolute Gasteiger partial charge is 0.394 e. The van der Waals surface area contributed by atoms with Crippen molar-refractivity contribution in [2.45, 2.75) is 353 Å². The molecule has 0 radical (unpaired) electrons. The molecule has 0 saturated heterocycles. The Morgan fingerprint density at radius 1 is 0.343 bits per heavy atom. The Bertz CT molecular complexity index is 1020. The third-order valence-electron chi connectivity index (χ3n) is 14.3. The number of amides is 1. The number of rotatable bonds is 57. The monoisotopic (exact) mass is 940 g/mol. The van der Waals surface area contributed by atoms with Crippen molar-refractivity contribution in [3.8, 4) is 0 Å². The van der Waals surface area contributed by atoms with Crippen LogP contribution in [0.4, 0.5) is 0 Å². The Hall–Kier alpha value is -1.39. The van der Waals surface area contributed by atoms with Crippen LogP contribution in [-0.4, -0.2) is 34.9 Å². The van der Waals surface area contributed by atoms with Crippen LogP contribution < -0.4 is 5.32 Å². The summed E-state index contributed by atoms with van der Waals surface area (Å²) in [5, 5.41) is 23.2. The van der Waals surface area contributed by atoms with E-state index in [4.69, 9.17) is 0 Å². The topological polar surface area (TPSA) is 69.6 Å². The summed E-state index contributed by atoms with van der Waals surface area (Å²) in [4.78, 5) is 12.5. The highest BCUT2D eigenvalue weighted by Gasteiger charge is 2.18. The van der Waals surface area contributed by atoms with Gasteiger partial charge in [0.15, 0.2) is 0 Å². The van der Waals surface area contributed by atoms with Gasteiger partial charge in [0, 0.05) is 6.42 Å². The van der Waals surface area contributed by atoms with Crippen molar-refractivity contribution in [3.05, 3.63) is 36.5 Å². The van der Waals surface area contributed by atoms with Gasteiger partial charge < -0.3 is 15.5 Å². The molecule has 0 aromatic heterocycles. The first kappa shape index (κ1) is 65.6. The van der Waals surface area contributed by atoms with E-state index < -0.39 is 12.1 Å². The molecule has 0 fully saturated rings. The molecule has 2 atom stereocenters. The first-order valence-corrected chi connectivity index (χ1v) is 30.7. The summed E-state index contributed by atoms with van der Waals surface area (Å²) >= 11 is 0. The first-order valence-electron chi connectivity index (χ1n) is 30.7. The molecular formula is C63H121NO3. The van der Waals surface area contributed by atoms with Crippen molar-refractivity contribution in [1.29, 1.82) is 0 Å². The van der Waals surface area contributed by atoms with Crippen LogP contribution in [0.25, 0.3) is 0 Å². The lowest BCUT2D eigenvalue weighted by Crippen LogP contribution is -2.45. The summed E-state index contributed by atoms with van der Waals surface area (Å²) < 4.78 is 0. The average Bonchev–Trinajstić information content (AvgIpc) is 3.33. The van der Waals surface area contributed by atoms with E-state index in [1.807, 2.05) is 6.08 Å². The van der Waals surface area contributed by atoms with E-state index in [0.717, 1.165) is 32.1 Å². The van der Waals surface area contributed by atoms with Crippen LogP contribution in [0.5, 0.6) is 0 Å². The lowest BCUT2D eigenvalue weighted by atomic mass is 10.0. The Morgan fingerprint density at radius 2 is 0.582 bits per heavy atom. The van der Waals surface area contributed by atoms with Gasteiger partial charge in [-0.05, 0) is 57.8 Å². The maximum atomic E-state index is 12.5. The maximum absolute atomic E-state index is 12.5. The lowest BCUT2D eigenvalue weighted by molar-refractivity contribution is -0.123. The summed E-state index contributed by atoms with van der Waals surface area (Å²) in [6.07, 6.45) is 80.5. The molecule has 0 saturated carbocycles. The standard InChI is InChI=1S/C63H121NO3/c1-3-5-7-9-11-13-15-17-19-21-23-25-27-29-30-31-32-33-35-37-39-41-43-45-47-49-51-53-55-57-59-63(67)64-61(60-65)62(66)58-56-54-52-50-48-46-44-42-40-38-36-34-28-26-24-22-20-18-16-14-12-10-8-6-4-2/h29-30,48,50,56,58,61-62,65-66H,3-28,31-47,49,51-55,57,59-60H2,1-2H3,(H,64,67)/b30-29-,50-48+,58-56+. The van der Waals surface area contributed by atoms with Crippen LogP contribution >= 0.6 is 0 Å². The fourth-order valence-corrected chi connectivity index (χ4v) is 9.66. The minimum Gasteiger partial charge on any atom is -0.394 e. The third kappa shape index (κ3) is 55.4. The molecule has 0 bridgehead atoms. The molecule has 0 spiro atoms. The van der Waals surface area contributed by atoms with E-state index >= 15 is 0 Å². The van der Waals surface area contributed by atoms with Crippen molar-refractivity contribution in [2.75, 3.05) is 6.61 Å². The smallest absolute Gasteiger partial charge is 0.220 e. The fourth-order valence-electron chi connectivity index (χ4n) is 9.66. The molecule has 0 aliphatic carbocycles. The zero-order valence-corrected chi connectivity index (χ0v) is 45.7. The molecule has 0 aromatic rings. The van der Waals surface area contributed by atoms with Crippen molar-refractivity contribution >= 4 is 5.91 Å². The summed E-state index contributed by atoms with van der Waals surface area (Å²) in [5.74, 6) is -0.0682. The Labute approximate surface area is 421 Å². The first-order chi connectivity index (χ1) is 33.2. The second-order valence-corrected chi connectivity index (χ2v) is 21.1. The van der Waals surface area contributed by atoms with Gasteiger partial charge in [-0.1, -0.05) is 314 Å². The average molecular weight is 941 g/mol. The molecular weight excluding hydrogens is 819 g/mol. The number of hydrogen-bond acceptors (Lipinski definition) is 3. The second-order valence-electron chi connectivity index (χ2n) is 21.1. The summed E-state index contributed by atoms with van der Waals surface area (Å²) in [6, 6.07) is -0.639. The molecule has 2 unspecified atom stereocenters. The number of aliphatic hydroxyl groups excluding tert-OH is 2. The molecule has 3 N–H and O–H groups in total. The predicted octanol–water partition coefficient (Wildman–Crippen LogP) is 20.4. The molecule has 0 aliphatic rings. The van der Waals surface area contributed by atoms with Crippen LogP contribution in [-0.2, 0) is 4.79 Å². The maximum Gasteiger partial charge on any atom is 0.220 e. The van der Waals surface area contributed by atoms with E-state index in [9.17, 15) is 15.0 Å². The van der Waals surface area contributed by atoms with Gasteiger partial charge in [-0.3, -0.25) is 4.79 Å². The van der Waals surface area contributed by atoms with Crippen molar-refractivity contribution in [1.82, 2.24) is 5.32 Å². The summed E-state index contributed by atoms with van der Waals surface area (Å²) in [7, 11) is 0. The molecule has 1 amide bonds. The van der Waals surface area contributed by atoms with Gasteiger partial charge in [-0.2, -0.15) is 0 Å². The molecule has 67 heavy (non-hydrogen) atoms. The lowest BCUT2D eigenvalue weighted by Gasteiger charge is -2.19. The minimum atomic E-state index is -0.862. The predicted molar refractivity (Wildman–Crippen MR) is 299 cm³/mol. The highest BCUT2D eigenvalue weighted by Crippen LogP contribution is 2.18.